The Morgan fingerprint density at radius 2 is 1.88 bits per heavy atom. The Kier molecular flexibility index (Phi) is 6.06. The van der Waals surface area contributed by atoms with E-state index in [4.69, 9.17) is 9.47 Å². The standard InChI is InChI=1S/C30H33F3N2O5/c1-17(36)39-23-13-12-19-16-21-20-10-7-11-22-28(20,14-15-35(21,2)3)26(19)29(23,40-22)34-27(38)24(30(31,32)33)25(37)18-8-5-4-6-9-18/h4-6,8-9,12-13,20-22,26H,7,10-11,14-16H2,1-3H3,(H-,34,37,38)/p+1/t20-,21+,22-,26?,28+,29?/m0/s1. The van der Waals surface area contributed by atoms with Crippen LogP contribution in [0.5, 0.6) is 0 Å². The number of rotatable bonds is 4. The number of aliphatic hydroxyl groups is 1. The first-order chi connectivity index (χ1) is 18.8. The predicted octanol–water partition coefficient (Wildman–Crippen LogP) is 4.77. The lowest BCUT2D eigenvalue weighted by molar-refractivity contribution is -0.929. The van der Waals surface area contributed by atoms with Crippen molar-refractivity contribution in [2.24, 2.45) is 17.3 Å². The summed E-state index contributed by atoms with van der Waals surface area (Å²) in [5, 5.41) is 13.3. The molecule has 10 heteroatoms. The molecule has 214 valence electrons. The number of nitrogens with zero attached hydrogens (tertiary/aromatic N) is 1. The number of likely N-dealkylation sites (tertiary alicyclic amines) is 1. The highest BCUT2D eigenvalue weighted by Crippen LogP contribution is 2.70. The maximum atomic E-state index is 14.4. The minimum absolute atomic E-state index is 0.0249. The lowest BCUT2D eigenvalue weighted by atomic mass is 9.46. The third-order valence-corrected chi connectivity index (χ3v) is 10.0. The van der Waals surface area contributed by atoms with Crippen molar-refractivity contribution in [3.05, 3.63) is 65.0 Å². The molecule has 5 aliphatic rings. The number of carbonyl (C=O) groups is 2. The number of halogens is 3. The van der Waals surface area contributed by atoms with Crippen molar-refractivity contribution in [1.82, 2.24) is 5.32 Å². The Bertz CT molecular complexity index is 1350. The summed E-state index contributed by atoms with van der Waals surface area (Å²) in [6.45, 7) is 2.07. The van der Waals surface area contributed by atoms with E-state index >= 15 is 0 Å². The van der Waals surface area contributed by atoms with Crippen LogP contribution in [-0.2, 0) is 19.1 Å². The van der Waals surface area contributed by atoms with Crippen molar-refractivity contribution < 1.29 is 41.8 Å². The molecule has 2 bridgehead atoms. The van der Waals surface area contributed by atoms with Crippen molar-refractivity contribution in [3.63, 3.8) is 0 Å². The summed E-state index contributed by atoms with van der Waals surface area (Å²) in [5.41, 5.74) is -3.12. The van der Waals surface area contributed by atoms with Crippen LogP contribution in [0.25, 0.3) is 5.76 Å². The number of allylic oxidation sites excluding steroid dienone is 2. The second-order valence-corrected chi connectivity index (χ2v) is 12.4. The summed E-state index contributed by atoms with van der Waals surface area (Å²) < 4.78 is 56.4. The summed E-state index contributed by atoms with van der Waals surface area (Å²) in [4.78, 5) is 25.9. The molecule has 1 aromatic rings. The molecule has 6 rings (SSSR count). The molecule has 0 aromatic heterocycles. The van der Waals surface area contributed by atoms with Gasteiger partial charge in [-0.2, -0.15) is 13.2 Å². The minimum Gasteiger partial charge on any atom is -0.506 e. The zero-order valence-electron chi connectivity index (χ0n) is 22.8. The van der Waals surface area contributed by atoms with Crippen LogP contribution in [0.15, 0.2) is 59.4 Å². The number of nitrogens with one attached hydrogen (secondary N) is 1. The number of ether oxygens (including phenoxy) is 2. The molecule has 2 unspecified atom stereocenters. The third kappa shape index (κ3) is 3.79. The summed E-state index contributed by atoms with van der Waals surface area (Å²) in [7, 11) is 4.45. The molecule has 0 radical (unpaired) electrons. The van der Waals surface area contributed by atoms with Crippen molar-refractivity contribution in [2.75, 3.05) is 20.6 Å². The van der Waals surface area contributed by atoms with Crippen molar-refractivity contribution >= 4 is 17.6 Å². The second-order valence-electron chi connectivity index (χ2n) is 12.4. The number of amides is 1. The van der Waals surface area contributed by atoms with E-state index in [1.54, 1.807) is 12.1 Å². The molecule has 40 heavy (non-hydrogen) atoms. The van der Waals surface area contributed by atoms with Gasteiger partial charge in [-0.25, -0.2) is 0 Å². The average Bonchev–Trinajstić information content (AvgIpc) is 3.17. The van der Waals surface area contributed by atoms with Crippen LogP contribution in [-0.4, -0.2) is 66.2 Å². The number of hydrogen-bond donors (Lipinski definition) is 2. The molecule has 2 heterocycles. The summed E-state index contributed by atoms with van der Waals surface area (Å²) in [6.07, 6.45) is 1.99. The molecule has 1 amide bonds. The number of carbonyl (C=O) groups excluding carboxylic acids is 2. The van der Waals surface area contributed by atoms with Gasteiger partial charge in [-0.1, -0.05) is 48.4 Å². The Balaban J connectivity index is 1.50. The molecule has 2 saturated heterocycles. The lowest BCUT2D eigenvalue weighted by Crippen LogP contribution is -2.70. The fourth-order valence-corrected chi connectivity index (χ4v) is 8.51. The van der Waals surface area contributed by atoms with Crippen molar-refractivity contribution in [2.45, 2.75) is 63.1 Å². The highest BCUT2D eigenvalue weighted by Gasteiger charge is 2.76. The monoisotopic (exact) mass is 559 g/mol. The van der Waals surface area contributed by atoms with Crippen LogP contribution in [0.3, 0.4) is 0 Å². The van der Waals surface area contributed by atoms with E-state index in [-0.39, 0.29) is 23.3 Å². The maximum absolute atomic E-state index is 14.4. The van der Waals surface area contributed by atoms with Gasteiger partial charge in [0, 0.05) is 42.6 Å². The molecule has 4 fully saturated rings. The fraction of sp³-hybridized carbons (Fsp3) is 0.533. The van der Waals surface area contributed by atoms with Crippen LogP contribution >= 0.6 is 0 Å². The van der Waals surface area contributed by atoms with Gasteiger partial charge in [0.25, 0.3) is 5.91 Å². The normalized spacial score (nSPS) is 36.0. The molecule has 2 N–H and O–H groups in total. The Morgan fingerprint density at radius 1 is 1.15 bits per heavy atom. The highest BCUT2D eigenvalue weighted by molar-refractivity contribution is 6.01. The molecule has 3 aliphatic carbocycles. The van der Waals surface area contributed by atoms with Gasteiger partial charge in [0.15, 0.2) is 11.3 Å². The lowest BCUT2D eigenvalue weighted by Gasteiger charge is -2.63. The van der Waals surface area contributed by atoms with Crippen LogP contribution in [0.2, 0.25) is 0 Å². The molecule has 7 nitrogen and oxygen atoms in total. The van der Waals surface area contributed by atoms with E-state index in [1.165, 1.54) is 31.2 Å². The first-order valence-electron chi connectivity index (χ1n) is 13.8. The predicted molar refractivity (Wildman–Crippen MR) is 139 cm³/mol. The average molecular weight is 560 g/mol. The van der Waals surface area contributed by atoms with E-state index in [0.717, 1.165) is 35.9 Å². The summed E-state index contributed by atoms with van der Waals surface area (Å²) in [5.74, 6) is -3.67. The molecular weight excluding hydrogens is 525 g/mol. The number of benzene rings is 1. The number of aliphatic hydroxyl groups excluding tert-OH is 1. The molecule has 6 atom stereocenters. The SMILES string of the molecule is CC(=O)OC1=CC=C2C[C@@H]3[C@@H]4CCC[C@@H]5OC1(NC(=O)C(=C(O)c1ccccc1)C(F)(F)F)C2[C@@]54CC[N+]3(C)C. The van der Waals surface area contributed by atoms with Crippen molar-refractivity contribution in [3.8, 4) is 0 Å². The number of esters is 1. The van der Waals surface area contributed by atoms with Crippen LogP contribution in [0.1, 0.15) is 44.6 Å². The maximum Gasteiger partial charge on any atom is 0.425 e. The summed E-state index contributed by atoms with van der Waals surface area (Å²) in [6, 6.07) is 7.45. The van der Waals surface area contributed by atoms with Crippen LogP contribution < -0.4 is 5.32 Å². The minimum atomic E-state index is -5.17. The molecule has 1 spiro atoms. The zero-order valence-corrected chi connectivity index (χ0v) is 22.8. The van der Waals surface area contributed by atoms with E-state index in [9.17, 15) is 27.9 Å². The topological polar surface area (TPSA) is 84.9 Å². The molecule has 1 aromatic carbocycles. The van der Waals surface area contributed by atoms with Crippen LogP contribution in [0.4, 0.5) is 13.2 Å². The Hall–Kier alpha value is -3.11. The van der Waals surface area contributed by atoms with E-state index in [1.807, 2.05) is 6.08 Å². The molecule has 2 aliphatic heterocycles. The van der Waals surface area contributed by atoms with Gasteiger partial charge in [-0.05, 0) is 18.9 Å². The van der Waals surface area contributed by atoms with Gasteiger partial charge in [-0.15, -0.1) is 0 Å². The zero-order chi connectivity index (χ0) is 28.7. The Morgan fingerprint density at radius 3 is 2.55 bits per heavy atom. The third-order valence-electron chi connectivity index (χ3n) is 10.0. The van der Waals surface area contributed by atoms with Gasteiger partial charge in [0.1, 0.15) is 5.76 Å². The van der Waals surface area contributed by atoms with Crippen LogP contribution in [0, 0.1) is 17.3 Å². The van der Waals surface area contributed by atoms with Gasteiger partial charge >= 0.3 is 12.1 Å². The Labute approximate surface area is 230 Å². The number of alkyl halides is 3. The van der Waals surface area contributed by atoms with Crippen molar-refractivity contribution in [1.29, 1.82) is 0 Å². The van der Waals surface area contributed by atoms with Gasteiger partial charge in [0.2, 0.25) is 5.72 Å². The quantitative estimate of drug-likeness (QED) is 0.240. The molecular formula is C30H34F3N2O5+. The number of hydrogen-bond acceptors (Lipinski definition) is 5. The number of piperidine rings is 1. The van der Waals surface area contributed by atoms with Gasteiger partial charge < -0.3 is 24.4 Å². The number of quaternary nitrogens is 1. The van der Waals surface area contributed by atoms with Gasteiger partial charge in [0.05, 0.1) is 32.8 Å². The van der Waals surface area contributed by atoms with Gasteiger partial charge in [-0.3, -0.25) is 9.59 Å². The highest BCUT2D eigenvalue weighted by atomic mass is 19.4. The first-order valence-corrected chi connectivity index (χ1v) is 13.8. The summed E-state index contributed by atoms with van der Waals surface area (Å²) >= 11 is 0. The van der Waals surface area contributed by atoms with E-state index in [0.29, 0.717) is 18.9 Å². The fourth-order valence-electron chi connectivity index (χ4n) is 8.51. The second kappa shape index (κ2) is 8.94. The first kappa shape index (κ1) is 27.1. The molecule has 2 saturated carbocycles. The van der Waals surface area contributed by atoms with E-state index in [2.05, 4.69) is 19.4 Å². The van der Waals surface area contributed by atoms with E-state index < -0.39 is 46.4 Å². The largest absolute Gasteiger partial charge is 0.506 e. The smallest absolute Gasteiger partial charge is 0.425 e.